The van der Waals surface area contributed by atoms with Crippen molar-refractivity contribution in [1.29, 1.82) is 0 Å². The number of carbonyl (C=O) groups excluding carboxylic acids is 1. The molecule has 0 aliphatic carbocycles. The molecular weight excluding hydrogens is 386 g/mol. The van der Waals surface area contributed by atoms with E-state index in [4.69, 9.17) is 14.2 Å². The van der Waals surface area contributed by atoms with E-state index in [0.717, 1.165) is 6.54 Å². The maximum Gasteiger partial charge on any atom is 0.257 e. The zero-order chi connectivity index (χ0) is 20.1. The number of likely N-dealkylation sites (N-methyl/N-ethyl adjacent to an activating group) is 2. The molecule has 1 saturated heterocycles. The van der Waals surface area contributed by atoms with Crippen LogP contribution in [0.15, 0.2) is 4.90 Å². The Morgan fingerprint density at radius 2 is 1.75 bits per heavy atom. The van der Waals surface area contributed by atoms with E-state index >= 15 is 0 Å². The van der Waals surface area contributed by atoms with Gasteiger partial charge in [-0.25, -0.2) is 8.42 Å². The van der Waals surface area contributed by atoms with Gasteiger partial charge in [0, 0.05) is 39.8 Å². The first-order chi connectivity index (χ1) is 13.4. The molecule has 1 aromatic carbocycles. The summed E-state index contributed by atoms with van der Waals surface area (Å²) < 4.78 is 45.2. The molecule has 10 heteroatoms. The van der Waals surface area contributed by atoms with E-state index in [0.29, 0.717) is 44.7 Å². The second kappa shape index (κ2) is 7.09. The van der Waals surface area contributed by atoms with Crippen LogP contribution in [0.4, 0.5) is 0 Å². The van der Waals surface area contributed by atoms with Crippen LogP contribution in [0.2, 0.25) is 0 Å². The molecule has 0 saturated carbocycles. The predicted molar refractivity (Wildman–Crippen MR) is 101 cm³/mol. The van der Waals surface area contributed by atoms with Gasteiger partial charge in [0.2, 0.25) is 22.6 Å². The highest BCUT2D eigenvalue weighted by atomic mass is 32.2. The second-order valence-electron chi connectivity index (χ2n) is 7.10. The fourth-order valence-corrected chi connectivity index (χ4v) is 5.84. The summed E-state index contributed by atoms with van der Waals surface area (Å²) in [4.78, 5) is 16.7. The van der Waals surface area contributed by atoms with Crippen LogP contribution in [0.1, 0.15) is 22.8 Å². The predicted octanol–water partition coefficient (Wildman–Crippen LogP) is 0.378. The quantitative estimate of drug-likeness (QED) is 0.708. The van der Waals surface area contributed by atoms with E-state index in [1.54, 1.807) is 11.9 Å². The summed E-state index contributed by atoms with van der Waals surface area (Å²) in [6.07, 6.45) is 0.411. The minimum Gasteiger partial charge on any atom is -0.492 e. The molecule has 154 valence electrons. The van der Waals surface area contributed by atoms with Crippen LogP contribution in [-0.4, -0.2) is 88.6 Å². The zero-order valence-corrected chi connectivity index (χ0v) is 17.2. The standard InChI is InChI=1S/C18H25N3O6S/c1-4-20-7-9-21(10-8-20)28(23,24)17-12-5-6-19(2)18(22)13(12)14(25-3)15-16(17)27-11-26-15/h4-11H2,1-3H3. The lowest BCUT2D eigenvalue weighted by Gasteiger charge is -2.35. The van der Waals surface area contributed by atoms with Gasteiger partial charge in [-0.3, -0.25) is 4.79 Å². The van der Waals surface area contributed by atoms with Crippen molar-refractivity contribution in [2.45, 2.75) is 18.2 Å². The van der Waals surface area contributed by atoms with E-state index in [9.17, 15) is 13.2 Å². The number of methoxy groups -OCH3 is 1. The highest BCUT2D eigenvalue weighted by Crippen LogP contribution is 2.51. The number of nitrogens with zero attached hydrogens (tertiary/aromatic N) is 3. The molecule has 0 atom stereocenters. The highest BCUT2D eigenvalue weighted by Gasteiger charge is 2.43. The van der Waals surface area contributed by atoms with Crippen LogP contribution >= 0.6 is 0 Å². The summed E-state index contributed by atoms with van der Waals surface area (Å²) in [6.45, 7) is 5.43. The van der Waals surface area contributed by atoms with Crippen molar-refractivity contribution < 1.29 is 27.4 Å². The monoisotopic (exact) mass is 411 g/mol. The Bertz CT molecular complexity index is 909. The number of fused-ring (bicyclic) bond motifs is 2. The number of piperazine rings is 1. The second-order valence-corrected chi connectivity index (χ2v) is 8.97. The molecule has 3 heterocycles. The van der Waals surface area contributed by atoms with Crippen molar-refractivity contribution in [2.24, 2.45) is 0 Å². The Hall–Kier alpha value is -2.04. The summed E-state index contributed by atoms with van der Waals surface area (Å²) in [5.41, 5.74) is 0.716. The molecule has 0 aromatic heterocycles. The van der Waals surface area contributed by atoms with Crippen LogP contribution in [0, 0.1) is 0 Å². The molecule has 0 bridgehead atoms. The third kappa shape index (κ3) is 2.82. The van der Waals surface area contributed by atoms with Crippen molar-refractivity contribution in [3.05, 3.63) is 11.1 Å². The molecule has 1 fully saturated rings. The average molecular weight is 411 g/mol. The van der Waals surface area contributed by atoms with Gasteiger partial charge in [-0.05, 0) is 18.5 Å². The Kier molecular flexibility index (Phi) is 4.88. The molecule has 1 aromatic rings. The van der Waals surface area contributed by atoms with Crippen LogP contribution in [0.3, 0.4) is 0 Å². The lowest BCUT2D eigenvalue weighted by molar-refractivity contribution is 0.0775. The largest absolute Gasteiger partial charge is 0.492 e. The zero-order valence-electron chi connectivity index (χ0n) is 16.4. The first kappa shape index (κ1) is 19.3. The van der Waals surface area contributed by atoms with Gasteiger partial charge in [0.15, 0.2) is 11.5 Å². The highest BCUT2D eigenvalue weighted by molar-refractivity contribution is 7.89. The van der Waals surface area contributed by atoms with Gasteiger partial charge in [0.1, 0.15) is 4.90 Å². The van der Waals surface area contributed by atoms with Gasteiger partial charge in [-0.15, -0.1) is 0 Å². The maximum atomic E-state index is 13.6. The Balaban J connectivity index is 1.88. The molecule has 9 nitrogen and oxygen atoms in total. The smallest absolute Gasteiger partial charge is 0.257 e. The van der Waals surface area contributed by atoms with Crippen LogP contribution in [-0.2, 0) is 16.4 Å². The van der Waals surface area contributed by atoms with Gasteiger partial charge < -0.3 is 24.0 Å². The third-order valence-electron chi connectivity index (χ3n) is 5.67. The Morgan fingerprint density at radius 3 is 2.39 bits per heavy atom. The van der Waals surface area contributed by atoms with E-state index in [-0.39, 0.29) is 40.4 Å². The maximum absolute atomic E-state index is 13.6. The van der Waals surface area contributed by atoms with E-state index < -0.39 is 10.0 Å². The normalized spacial score (nSPS) is 20.4. The molecule has 0 spiro atoms. The lowest BCUT2D eigenvalue weighted by atomic mass is 9.97. The molecule has 3 aliphatic heterocycles. The van der Waals surface area contributed by atoms with Crippen molar-refractivity contribution >= 4 is 15.9 Å². The van der Waals surface area contributed by atoms with Gasteiger partial charge >= 0.3 is 0 Å². The van der Waals surface area contributed by atoms with E-state index in [1.165, 1.54) is 11.4 Å². The SMILES string of the molecule is CCN1CCN(S(=O)(=O)c2c3c(c(OC)c4c2OCO4)C(=O)N(C)CC3)CC1. The van der Waals surface area contributed by atoms with Crippen LogP contribution < -0.4 is 14.2 Å². The minimum absolute atomic E-state index is 0.0576. The summed E-state index contributed by atoms with van der Waals surface area (Å²) in [7, 11) is -0.721. The summed E-state index contributed by atoms with van der Waals surface area (Å²) in [6, 6.07) is 0. The fourth-order valence-electron chi connectivity index (χ4n) is 4.04. The number of rotatable bonds is 4. The van der Waals surface area contributed by atoms with Gasteiger partial charge in [0.05, 0.1) is 12.7 Å². The van der Waals surface area contributed by atoms with Gasteiger partial charge in [-0.2, -0.15) is 4.31 Å². The molecule has 4 rings (SSSR count). The minimum atomic E-state index is -3.85. The number of amides is 1. The average Bonchev–Trinajstić information content (AvgIpc) is 3.18. The molecule has 0 radical (unpaired) electrons. The van der Waals surface area contributed by atoms with Crippen molar-refractivity contribution in [3.63, 3.8) is 0 Å². The van der Waals surface area contributed by atoms with Crippen LogP contribution in [0.25, 0.3) is 0 Å². The number of carbonyl (C=O) groups is 1. The first-order valence-electron chi connectivity index (χ1n) is 9.40. The number of hydrogen-bond acceptors (Lipinski definition) is 7. The third-order valence-corrected chi connectivity index (χ3v) is 7.66. The van der Waals surface area contributed by atoms with E-state index in [1.807, 2.05) is 0 Å². The van der Waals surface area contributed by atoms with Crippen molar-refractivity contribution in [1.82, 2.24) is 14.1 Å². The van der Waals surface area contributed by atoms with Gasteiger partial charge in [-0.1, -0.05) is 6.92 Å². The Morgan fingerprint density at radius 1 is 1.07 bits per heavy atom. The van der Waals surface area contributed by atoms with Crippen molar-refractivity contribution in [3.8, 4) is 17.2 Å². The fraction of sp³-hybridized carbons (Fsp3) is 0.611. The molecule has 1 amide bonds. The van der Waals surface area contributed by atoms with Gasteiger partial charge in [0.25, 0.3) is 5.91 Å². The lowest BCUT2D eigenvalue weighted by Crippen LogP contribution is -2.48. The first-order valence-corrected chi connectivity index (χ1v) is 10.8. The summed E-state index contributed by atoms with van der Waals surface area (Å²) in [5, 5.41) is 0. The van der Waals surface area contributed by atoms with Crippen LogP contribution in [0.5, 0.6) is 17.2 Å². The molecular formula is C18H25N3O6S. The number of sulfonamides is 1. The summed E-state index contributed by atoms with van der Waals surface area (Å²) >= 11 is 0. The number of ether oxygens (including phenoxy) is 3. The molecule has 28 heavy (non-hydrogen) atoms. The molecule has 0 unspecified atom stereocenters. The topological polar surface area (TPSA) is 88.6 Å². The Labute approximate surface area is 164 Å². The van der Waals surface area contributed by atoms with E-state index in [2.05, 4.69) is 11.8 Å². The molecule has 3 aliphatic rings. The van der Waals surface area contributed by atoms with Crippen molar-refractivity contribution in [2.75, 3.05) is 60.2 Å². The number of benzene rings is 1. The summed E-state index contributed by atoms with van der Waals surface area (Å²) in [5.74, 6) is 0.319. The molecule has 0 N–H and O–H groups in total. The number of hydrogen-bond donors (Lipinski definition) is 0.